The molecule has 9 heteroatoms. The predicted molar refractivity (Wildman–Crippen MR) is 113 cm³/mol. The van der Waals surface area contributed by atoms with Crippen LogP contribution in [0.1, 0.15) is 19.2 Å². The molecular weight excluding hydrogens is 371 g/mol. The van der Waals surface area contributed by atoms with E-state index in [1.807, 2.05) is 19.2 Å². The van der Waals surface area contributed by atoms with E-state index in [-0.39, 0.29) is 5.82 Å². The molecule has 0 aliphatic carbocycles. The lowest BCUT2D eigenvalue weighted by Crippen LogP contribution is -2.47. The average Bonchev–Trinajstić information content (AvgIpc) is 3.15. The van der Waals surface area contributed by atoms with Crippen LogP contribution in [0.25, 0.3) is 0 Å². The summed E-state index contributed by atoms with van der Waals surface area (Å²) in [5.41, 5.74) is 0.711. The van der Waals surface area contributed by atoms with Crippen molar-refractivity contribution in [2.24, 2.45) is 12.0 Å². The molecule has 0 bridgehead atoms. The first kappa shape index (κ1) is 21.0. The number of nitrogens with one attached hydrogen (secondary N) is 2. The molecule has 1 fully saturated rings. The van der Waals surface area contributed by atoms with E-state index in [0.717, 1.165) is 64.0 Å². The lowest BCUT2D eigenvalue weighted by molar-refractivity contribution is 0.254. The highest BCUT2D eigenvalue weighted by Gasteiger charge is 2.18. The molecule has 3 rings (SSSR count). The topological polar surface area (TPSA) is 73.6 Å². The Morgan fingerprint density at radius 3 is 2.66 bits per heavy atom. The fourth-order valence-corrected chi connectivity index (χ4v) is 3.38. The van der Waals surface area contributed by atoms with Crippen LogP contribution in [0.5, 0.6) is 0 Å². The Hall–Kier alpha value is -2.68. The van der Waals surface area contributed by atoms with Crippen LogP contribution in [0.2, 0.25) is 0 Å². The first-order valence-corrected chi connectivity index (χ1v) is 10.2. The number of aliphatic imine (C=N–C) groups is 1. The van der Waals surface area contributed by atoms with E-state index in [1.165, 1.54) is 12.4 Å². The van der Waals surface area contributed by atoms with E-state index in [0.29, 0.717) is 12.2 Å². The molecule has 0 radical (unpaired) electrons. The van der Waals surface area contributed by atoms with Gasteiger partial charge >= 0.3 is 0 Å². The Bertz CT molecular complexity index is 782. The van der Waals surface area contributed by atoms with Crippen LogP contribution in [0.3, 0.4) is 0 Å². The molecule has 1 aliphatic heterocycles. The van der Waals surface area contributed by atoms with Gasteiger partial charge in [0.2, 0.25) is 0 Å². The van der Waals surface area contributed by atoms with Gasteiger partial charge in [0, 0.05) is 46.3 Å². The molecule has 0 unspecified atom stereocenters. The summed E-state index contributed by atoms with van der Waals surface area (Å²) in [6, 6.07) is 7.02. The van der Waals surface area contributed by atoms with Crippen molar-refractivity contribution in [1.29, 1.82) is 0 Å². The second-order valence-corrected chi connectivity index (χ2v) is 7.06. The SMILES string of the molecule is CCNC(=NCc1ncnn1C)NCCCN1CCN(c2ccccc2F)CC1. The summed E-state index contributed by atoms with van der Waals surface area (Å²) in [5.74, 6) is 1.48. The first-order chi connectivity index (χ1) is 14.2. The summed E-state index contributed by atoms with van der Waals surface area (Å²) in [6.07, 6.45) is 2.56. The van der Waals surface area contributed by atoms with Gasteiger partial charge in [-0.05, 0) is 32.0 Å². The molecule has 2 aromatic rings. The zero-order valence-electron chi connectivity index (χ0n) is 17.3. The van der Waals surface area contributed by atoms with Gasteiger partial charge in [0.15, 0.2) is 5.96 Å². The van der Waals surface area contributed by atoms with E-state index in [4.69, 9.17) is 0 Å². The Morgan fingerprint density at radius 1 is 1.17 bits per heavy atom. The number of nitrogens with zero attached hydrogens (tertiary/aromatic N) is 6. The van der Waals surface area contributed by atoms with Gasteiger partial charge in [-0.25, -0.2) is 14.4 Å². The van der Waals surface area contributed by atoms with E-state index >= 15 is 0 Å². The highest BCUT2D eigenvalue weighted by molar-refractivity contribution is 5.79. The Morgan fingerprint density at radius 2 is 1.97 bits per heavy atom. The number of halogens is 1. The molecule has 0 spiro atoms. The van der Waals surface area contributed by atoms with Crippen LogP contribution in [0.15, 0.2) is 35.6 Å². The number of guanidine groups is 1. The van der Waals surface area contributed by atoms with Gasteiger partial charge in [0.05, 0.1) is 5.69 Å². The molecule has 0 saturated carbocycles. The van der Waals surface area contributed by atoms with E-state index < -0.39 is 0 Å². The summed E-state index contributed by atoms with van der Waals surface area (Å²) < 4.78 is 15.7. The van der Waals surface area contributed by atoms with Gasteiger partial charge in [0.25, 0.3) is 0 Å². The molecule has 2 N–H and O–H groups in total. The third-order valence-electron chi connectivity index (χ3n) is 5.04. The monoisotopic (exact) mass is 402 g/mol. The molecule has 8 nitrogen and oxygen atoms in total. The zero-order chi connectivity index (χ0) is 20.5. The summed E-state index contributed by atoms with van der Waals surface area (Å²) in [5, 5.41) is 10.7. The minimum Gasteiger partial charge on any atom is -0.367 e. The van der Waals surface area contributed by atoms with Gasteiger partial charge in [-0.15, -0.1) is 0 Å². The molecule has 0 amide bonds. The number of benzene rings is 1. The maximum absolute atomic E-state index is 13.9. The molecule has 0 atom stereocenters. The minimum atomic E-state index is -0.137. The van der Waals surface area contributed by atoms with Gasteiger partial charge in [0.1, 0.15) is 24.5 Å². The molecular formula is C20H31FN8. The number of aryl methyl sites for hydroxylation is 1. The van der Waals surface area contributed by atoms with Crippen molar-refractivity contribution in [3.05, 3.63) is 42.2 Å². The number of hydrogen-bond donors (Lipinski definition) is 2. The Labute approximate surface area is 171 Å². The van der Waals surface area contributed by atoms with Crippen molar-refractivity contribution in [1.82, 2.24) is 30.3 Å². The molecule has 1 saturated heterocycles. The third kappa shape index (κ3) is 6.15. The smallest absolute Gasteiger partial charge is 0.191 e. The van der Waals surface area contributed by atoms with E-state index in [1.54, 1.807) is 10.7 Å². The van der Waals surface area contributed by atoms with Crippen LogP contribution < -0.4 is 15.5 Å². The largest absolute Gasteiger partial charge is 0.367 e. The first-order valence-electron chi connectivity index (χ1n) is 10.2. The second-order valence-electron chi connectivity index (χ2n) is 7.06. The summed E-state index contributed by atoms with van der Waals surface area (Å²) in [6.45, 7) is 8.83. The Balaban J connectivity index is 1.37. The highest BCUT2D eigenvalue weighted by atomic mass is 19.1. The summed E-state index contributed by atoms with van der Waals surface area (Å²) in [4.78, 5) is 13.3. The van der Waals surface area contributed by atoms with Gasteiger partial charge in [-0.2, -0.15) is 5.10 Å². The fourth-order valence-electron chi connectivity index (χ4n) is 3.38. The molecule has 158 valence electrons. The predicted octanol–water partition coefficient (Wildman–Crippen LogP) is 1.22. The highest BCUT2D eigenvalue weighted by Crippen LogP contribution is 2.20. The van der Waals surface area contributed by atoms with E-state index in [2.05, 4.69) is 42.4 Å². The lowest BCUT2D eigenvalue weighted by Gasteiger charge is -2.36. The molecule has 1 aromatic heterocycles. The van der Waals surface area contributed by atoms with Crippen molar-refractivity contribution in [2.45, 2.75) is 19.9 Å². The van der Waals surface area contributed by atoms with Gasteiger partial charge in [-0.3, -0.25) is 9.58 Å². The van der Waals surface area contributed by atoms with Crippen LogP contribution >= 0.6 is 0 Å². The second kappa shape index (κ2) is 10.8. The maximum atomic E-state index is 13.9. The zero-order valence-corrected chi connectivity index (χ0v) is 17.3. The summed E-state index contributed by atoms with van der Waals surface area (Å²) >= 11 is 0. The molecule has 2 heterocycles. The van der Waals surface area contributed by atoms with Crippen molar-refractivity contribution in [2.75, 3.05) is 50.7 Å². The fraction of sp³-hybridized carbons (Fsp3) is 0.550. The van der Waals surface area contributed by atoms with Crippen LogP contribution in [0.4, 0.5) is 10.1 Å². The van der Waals surface area contributed by atoms with E-state index in [9.17, 15) is 4.39 Å². The van der Waals surface area contributed by atoms with Gasteiger partial charge in [-0.1, -0.05) is 12.1 Å². The number of anilines is 1. The number of piperazine rings is 1. The van der Waals surface area contributed by atoms with Crippen molar-refractivity contribution in [3.8, 4) is 0 Å². The van der Waals surface area contributed by atoms with Crippen LogP contribution in [-0.4, -0.2) is 71.4 Å². The van der Waals surface area contributed by atoms with Gasteiger partial charge < -0.3 is 15.5 Å². The van der Waals surface area contributed by atoms with Crippen molar-refractivity contribution < 1.29 is 4.39 Å². The number of hydrogen-bond acceptors (Lipinski definition) is 5. The maximum Gasteiger partial charge on any atom is 0.191 e. The third-order valence-corrected chi connectivity index (χ3v) is 5.04. The lowest BCUT2D eigenvalue weighted by atomic mass is 10.2. The number of rotatable bonds is 8. The van der Waals surface area contributed by atoms with Crippen molar-refractivity contribution in [3.63, 3.8) is 0 Å². The standard InChI is InChI=1S/C20H31FN8/c1-3-22-20(24-15-19-25-16-26-27(19)2)23-9-6-10-28-11-13-29(14-12-28)18-8-5-4-7-17(18)21/h4-5,7-8,16H,3,6,9-15H2,1-2H3,(H2,22,23,24). The minimum absolute atomic E-state index is 0.137. The molecule has 29 heavy (non-hydrogen) atoms. The molecule has 1 aliphatic rings. The number of aromatic nitrogens is 3. The quantitative estimate of drug-likeness (QED) is 0.393. The number of para-hydroxylation sites is 1. The van der Waals surface area contributed by atoms with Crippen molar-refractivity contribution >= 4 is 11.6 Å². The van der Waals surface area contributed by atoms with Crippen LogP contribution in [0, 0.1) is 5.82 Å². The normalized spacial score (nSPS) is 15.6. The van der Waals surface area contributed by atoms with Crippen LogP contribution in [-0.2, 0) is 13.6 Å². The molecule has 1 aromatic carbocycles. The summed E-state index contributed by atoms with van der Waals surface area (Å²) in [7, 11) is 1.87. The average molecular weight is 403 g/mol. The Kier molecular flexibility index (Phi) is 7.80.